The number of carboxylic acids is 1. The van der Waals surface area contributed by atoms with Crippen LogP contribution in [0.3, 0.4) is 0 Å². The van der Waals surface area contributed by atoms with E-state index in [4.69, 9.17) is 26.2 Å². The zero-order valence-corrected chi connectivity index (χ0v) is 9.82. The van der Waals surface area contributed by atoms with Crippen LogP contribution < -0.4 is 9.47 Å². The Labute approximate surface area is 98.7 Å². The van der Waals surface area contributed by atoms with Crippen molar-refractivity contribution in [3.05, 3.63) is 23.2 Å². The first-order valence-corrected chi connectivity index (χ1v) is 5.18. The van der Waals surface area contributed by atoms with Crippen LogP contribution in [-0.2, 0) is 4.79 Å². The van der Waals surface area contributed by atoms with E-state index < -0.39 is 12.1 Å². The summed E-state index contributed by atoms with van der Waals surface area (Å²) in [5, 5.41) is 9.28. The number of ether oxygens (including phenoxy) is 2. The van der Waals surface area contributed by atoms with Crippen LogP contribution in [0, 0.1) is 0 Å². The van der Waals surface area contributed by atoms with Gasteiger partial charge in [-0.25, -0.2) is 4.79 Å². The van der Waals surface area contributed by atoms with Gasteiger partial charge in [-0.1, -0.05) is 18.5 Å². The van der Waals surface area contributed by atoms with Gasteiger partial charge in [0.25, 0.3) is 0 Å². The second-order valence-electron chi connectivity index (χ2n) is 3.18. The van der Waals surface area contributed by atoms with Crippen LogP contribution in [0.15, 0.2) is 18.2 Å². The molecule has 0 radical (unpaired) electrons. The molecule has 0 bridgehead atoms. The Bertz CT molecular complexity index is 378. The Kier molecular flexibility index (Phi) is 4.43. The molecule has 1 rings (SSSR count). The number of methoxy groups -OCH3 is 1. The molecule has 0 aliphatic carbocycles. The summed E-state index contributed by atoms with van der Waals surface area (Å²) in [6.07, 6.45) is -0.493. The monoisotopic (exact) mass is 244 g/mol. The Balaban J connectivity index is 2.87. The van der Waals surface area contributed by atoms with E-state index in [9.17, 15) is 4.79 Å². The van der Waals surface area contributed by atoms with Gasteiger partial charge in [0, 0.05) is 11.1 Å². The van der Waals surface area contributed by atoms with E-state index in [1.165, 1.54) is 7.11 Å². The molecular weight excluding hydrogens is 232 g/mol. The fraction of sp³-hybridized carbons (Fsp3) is 0.364. The minimum absolute atomic E-state index is 0.379. The molecule has 0 aliphatic heterocycles. The number of rotatable bonds is 5. The second kappa shape index (κ2) is 5.61. The fourth-order valence-electron chi connectivity index (χ4n) is 1.20. The van der Waals surface area contributed by atoms with Crippen molar-refractivity contribution >= 4 is 17.6 Å². The smallest absolute Gasteiger partial charge is 0.344 e. The lowest BCUT2D eigenvalue weighted by atomic mass is 10.2. The fourth-order valence-corrected chi connectivity index (χ4v) is 1.41. The molecule has 1 N–H and O–H groups in total. The second-order valence-corrected chi connectivity index (χ2v) is 3.62. The van der Waals surface area contributed by atoms with E-state index in [1.807, 2.05) is 0 Å². The quantitative estimate of drug-likeness (QED) is 0.865. The molecule has 16 heavy (non-hydrogen) atoms. The third-order valence-corrected chi connectivity index (χ3v) is 2.22. The maximum atomic E-state index is 10.8. The molecule has 1 unspecified atom stereocenters. The van der Waals surface area contributed by atoms with Crippen LogP contribution in [0.2, 0.25) is 5.02 Å². The summed E-state index contributed by atoms with van der Waals surface area (Å²) < 4.78 is 10.3. The number of hydrogen-bond donors (Lipinski definition) is 1. The van der Waals surface area contributed by atoms with Crippen molar-refractivity contribution in [2.45, 2.75) is 19.4 Å². The Hall–Kier alpha value is -1.42. The zero-order valence-electron chi connectivity index (χ0n) is 9.07. The Morgan fingerprint density at radius 2 is 2.06 bits per heavy atom. The largest absolute Gasteiger partial charge is 0.497 e. The van der Waals surface area contributed by atoms with Gasteiger partial charge in [-0.05, 0) is 18.6 Å². The number of carbonyl (C=O) groups is 1. The third-order valence-electron chi connectivity index (χ3n) is 2.01. The molecule has 0 aromatic heterocycles. The van der Waals surface area contributed by atoms with E-state index in [-0.39, 0.29) is 0 Å². The molecule has 0 amide bonds. The number of aliphatic carboxylic acids is 1. The van der Waals surface area contributed by atoms with Crippen LogP contribution in [0.25, 0.3) is 0 Å². The molecule has 0 spiro atoms. The third kappa shape index (κ3) is 3.31. The number of benzene rings is 1. The van der Waals surface area contributed by atoms with Crippen molar-refractivity contribution in [3.63, 3.8) is 0 Å². The van der Waals surface area contributed by atoms with E-state index in [2.05, 4.69) is 0 Å². The number of hydrogen-bond acceptors (Lipinski definition) is 3. The minimum Gasteiger partial charge on any atom is -0.497 e. The summed E-state index contributed by atoms with van der Waals surface area (Å²) >= 11 is 5.83. The normalized spacial score (nSPS) is 11.9. The van der Waals surface area contributed by atoms with Crippen molar-refractivity contribution in [1.29, 1.82) is 0 Å². The molecule has 4 nitrogen and oxygen atoms in total. The van der Waals surface area contributed by atoms with Gasteiger partial charge in [-0.3, -0.25) is 0 Å². The average molecular weight is 245 g/mol. The maximum Gasteiger partial charge on any atom is 0.344 e. The van der Waals surface area contributed by atoms with Crippen LogP contribution in [-0.4, -0.2) is 24.3 Å². The van der Waals surface area contributed by atoms with Crippen LogP contribution in [0.4, 0.5) is 0 Å². The van der Waals surface area contributed by atoms with E-state index in [1.54, 1.807) is 25.1 Å². The van der Waals surface area contributed by atoms with Gasteiger partial charge in [-0.15, -0.1) is 0 Å². The predicted octanol–water partition coefficient (Wildman–Crippen LogP) is 2.59. The summed E-state index contributed by atoms with van der Waals surface area (Å²) in [6.45, 7) is 1.74. The van der Waals surface area contributed by atoms with Gasteiger partial charge < -0.3 is 14.6 Å². The van der Waals surface area contributed by atoms with Crippen molar-refractivity contribution < 1.29 is 19.4 Å². The molecule has 5 heteroatoms. The van der Waals surface area contributed by atoms with Crippen molar-refractivity contribution in [2.24, 2.45) is 0 Å². The molecule has 0 saturated heterocycles. The lowest BCUT2D eigenvalue weighted by Crippen LogP contribution is -2.25. The molecule has 88 valence electrons. The van der Waals surface area contributed by atoms with Gasteiger partial charge in [0.15, 0.2) is 6.10 Å². The van der Waals surface area contributed by atoms with Crippen LogP contribution in [0.5, 0.6) is 11.5 Å². The molecule has 1 aromatic carbocycles. The molecule has 1 aromatic rings. The lowest BCUT2D eigenvalue weighted by Gasteiger charge is -2.14. The summed E-state index contributed by atoms with van der Waals surface area (Å²) in [5.41, 5.74) is 0. The molecule has 0 fully saturated rings. The Morgan fingerprint density at radius 3 is 2.56 bits per heavy atom. The maximum absolute atomic E-state index is 10.8. The molecule has 0 aliphatic rings. The average Bonchev–Trinajstić information content (AvgIpc) is 2.24. The molecule has 0 saturated carbocycles. The SMILES string of the molecule is CCC(Oc1cc(Cl)cc(OC)c1)C(=O)O. The van der Waals surface area contributed by atoms with E-state index in [0.29, 0.717) is 22.9 Å². The predicted molar refractivity (Wildman–Crippen MR) is 60.3 cm³/mol. The molecule has 1 atom stereocenters. The van der Waals surface area contributed by atoms with Gasteiger partial charge in [0.2, 0.25) is 0 Å². The van der Waals surface area contributed by atoms with Gasteiger partial charge in [0.05, 0.1) is 7.11 Å². The highest BCUT2D eigenvalue weighted by molar-refractivity contribution is 6.30. The summed E-state index contributed by atoms with van der Waals surface area (Å²) in [6, 6.07) is 4.77. The van der Waals surface area contributed by atoms with E-state index in [0.717, 1.165) is 0 Å². The number of halogens is 1. The minimum atomic E-state index is -0.999. The van der Waals surface area contributed by atoms with Crippen molar-refractivity contribution in [1.82, 2.24) is 0 Å². The summed E-state index contributed by atoms with van der Waals surface area (Å²) in [5.74, 6) is -0.0808. The first kappa shape index (κ1) is 12.6. The standard InChI is InChI=1S/C11H13ClO4/c1-3-10(11(13)14)16-9-5-7(12)4-8(6-9)15-2/h4-6,10H,3H2,1-2H3,(H,13,14). The highest BCUT2D eigenvalue weighted by Gasteiger charge is 2.17. The van der Waals surface area contributed by atoms with Gasteiger partial charge in [0.1, 0.15) is 11.5 Å². The first-order chi connectivity index (χ1) is 7.56. The van der Waals surface area contributed by atoms with Crippen LogP contribution >= 0.6 is 11.6 Å². The number of carboxylic acid groups (broad SMARTS) is 1. The van der Waals surface area contributed by atoms with Gasteiger partial charge in [-0.2, -0.15) is 0 Å². The first-order valence-electron chi connectivity index (χ1n) is 4.80. The summed E-state index contributed by atoms with van der Waals surface area (Å²) in [4.78, 5) is 10.8. The topological polar surface area (TPSA) is 55.8 Å². The summed E-state index contributed by atoms with van der Waals surface area (Å²) in [7, 11) is 1.50. The van der Waals surface area contributed by atoms with Crippen LogP contribution in [0.1, 0.15) is 13.3 Å². The Morgan fingerprint density at radius 1 is 1.44 bits per heavy atom. The van der Waals surface area contributed by atoms with Gasteiger partial charge >= 0.3 is 5.97 Å². The zero-order chi connectivity index (χ0) is 12.1. The highest BCUT2D eigenvalue weighted by atomic mass is 35.5. The van der Waals surface area contributed by atoms with E-state index >= 15 is 0 Å². The van der Waals surface area contributed by atoms with Crippen molar-refractivity contribution in [3.8, 4) is 11.5 Å². The molecule has 0 heterocycles. The molecular formula is C11H13ClO4. The highest BCUT2D eigenvalue weighted by Crippen LogP contribution is 2.26. The van der Waals surface area contributed by atoms with Crippen molar-refractivity contribution in [2.75, 3.05) is 7.11 Å². The lowest BCUT2D eigenvalue weighted by molar-refractivity contribution is -0.145.